The first-order valence-electron chi connectivity index (χ1n) is 14.0. The van der Waals surface area contributed by atoms with E-state index in [0.29, 0.717) is 0 Å². The second-order valence-corrected chi connectivity index (χ2v) is 11.1. The van der Waals surface area contributed by atoms with Crippen molar-refractivity contribution in [2.24, 2.45) is 0 Å². The van der Waals surface area contributed by atoms with Crippen molar-refractivity contribution < 1.29 is 9.47 Å². The van der Waals surface area contributed by atoms with Gasteiger partial charge in [0.15, 0.2) is 0 Å². The standard InChI is InChI=1S/C14H14O.C12H11NO.C12H11NS/c1-11-6-8-13(9-7-11)15-14-5-3-4-12(2)10-14;1-10-4-6-11(7-5-10)14-12-3-2-8-13-9-12;1-10-2-4-11(5-3-10)14-12-6-8-13-9-7-12/h3-10H,1-2H3;2*2-9H,1H3. The molecule has 0 saturated carbocycles. The fraction of sp³-hybridized carbons (Fsp3) is 0.105. The van der Waals surface area contributed by atoms with Crippen molar-refractivity contribution >= 4 is 11.8 Å². The van der Waals surface area contributed by atoms with Gasteiger partial charge in [0.25, 0.3) is 0 Å². The molecule has 0 aliphatic heterocycles. The summed E-state index contributed by atoms with van der Waals surface area (Å²) in [7, 11) is 0. The van der Waals surface area contributed by atoms with Crippen LogP contribution in [0.2, 0.25) is 0 Å². The Hall–Kier alpha value is -4.87. The van der Waals surface area contributed by atoms with Gasteiger partial charge < -0.3 is 9.47 Å². The SMILES string of the molecule is Cc1ccc(Oc2cccc(C)c2)cc1.Cc1ccc(Oc2cccnc2)cc1.Cc1ccc(Sc2ccncc2)cc1. The van der Waals surface area contributed by atoms with E-state index in [1.807, 2.05) is 110 Å². The van der Waals surface area contributed by atoms with E-state index in [2.05, 4.69) is 61.1 Å². The number of aryl methyl sites for hydroxylation is 4. The van der Waals surface area contributed by atoms with Crippen molar-refractivity contribution in [1.29, 1.82) is 0 Å². The fourth-order valence-corrected chi connectivity index (χ4v) is 4.52. The molecule has 0 radical (unpaired) electrons. The average Bonchev–Trinajstić information content (AvgIpc) is 3.02. The third-order valence-corrected chi connectivity index (χ3v) is 7.06. The molecule has 5 heteroatoms. The summed E-state index contributed by atoms with van der Waals surface area (Å²) in [6.45, 7) is 8.27. The molecule has 0 aliphatic rings. The summed E-state index contributed by atoms with van der Waals surface area (Å²) in [4.78, 5) is 10.5. The van der Waals surface area contributed by atoms with Crippen LogP contribution in [-0.4, -0.2) is 9.97 Å². The maximum absolute atomic E-state index is 5.71. The smallest absolute Gasteiger partial charge is 0.145 e. The maximum atomic E-state index is 5.71. The predicted molar refractivity (Wildman–Crippen MR) is 177 cm³/mol. The number of pyridine rings is 2. The lowest BCUT2D eigenvalue weighted by atomic mass is 10.2. The molecule has 0 bridgehead atoms. The van der Waals surface area contributed by atoms with Crippen LogP contribution in [0.25, 0.3) is 0 Å². The number of benzene rings is 4. The van der Waals surface area contributed by atoms with Gasteiger partial charge in [-0.1, -0.05) is 77.0 Å². The second-order valence-electron chi connectivity index (χ2n) is 9.93. The van der Waals surface area contributed by atoms with Gasteiger partial charge in [0.05, 0.1) is 6.20 Å². The molecule has 0 spiro atoms. The monoisotopic (exact) mass is 584 g/mol. The van der Waals surface area contributed by atoms with E-state index in [9.17, 15) is 0 Å². The summed E-state index contributed by atoms with van der Waals surface area (Å²) in [5, 5.41) is 0. The van der Waals surface area contributed by atoms with Crippen molar-refractivity contribution in [2.75, 3.05) is 0 Å². The topological polar surface area (TPSA) is 44.2 Å². The Morgan fingerprint density at radius 3 is 1.47 bits per heavy atom. The summed E-state index contributed by atoms with van der Waals surface area (Å²) in [5.41, 5.74) is 4.97. The van der Waals surface area contributed by atoms with Gasteiger partial charge in [0, 0.05) is 28.4 Å². The molecule has 216 valence electrons. The minimum Gasteiger partial charge on any atom is -0.457 e. The average molecular weight is 585 g/mol. The number of nitrogens with zero attached hydrogens (tertiary/aromatic N) is 2. The zero-order chi connectivity index (χ0) is 30.3. The fourth-order valence-electron chi connectivity index (χ4n) is 3.72. The van der Waals surface area contributed by atoms with Gasteiger partial charge in [-0.15, -0.1) is 0 Å². The molecule has 0 saturated heterocycles. The highest BCUT2D eigenvalue weighted by Gasteiger charge is 1.98. The van der Waals surface area contributed by atoms with Crippen molar-refractivity contribution in [2.45, 2.75) is 37.5 Å². The third kappa shape index (κ3) is 11.5. The summed E-state index contributed by atoms with van der Waals surface area (Å²) in [6, 6.07) is 40.3. The highest BCUT2D eigenvalue weighted by Crippen LogP contribution is 2.27. The van der Waals surface area contributed by atoms with E-state index in [4.69, 9.17) is 9.47 Å². The molecule has 4 aromatic carbocycles. The van der Waals surface area contributed by atoms with Gasteiger partial charge >= 0.3 is 0 Å². The van der Waals surface area contributed by atoms with Crippen molar-refractivity contribution in [3.05, 3.63) is 168 Å². The quantitative estimate of drug-likeness (QED) is 0.195. The Labute approximate surface area is 259 Å². The van der Waals surface area contributed by atoms with Gasteiger partial charge in [-0.2, -0.15) is 0 Å². The largest absolute Gasteiger partial charge is 0.457 e. The molecule has 4 nitrogen and oxygen atoms in total. The van der Waals surface area contributed by atoms with Crippen LogP contribution in [0.1, 0.15) is 22.3 Å². The number of aromatic nitrogens is 2. The summed E-state index contributed by atoms with van der Waals surface area (Å²) < 4.78 is 11.3. The Bertz CT molecular complexity index is 1560. The van der Waals surface area contributed by atoms with Crippen LogP contribution in [0.5, 0.6) is 23.0 Å². The van der Waals surface area contributed by atoms with Crippen molar-refractivity contribution in [1.82, 2.24) is 9.97 Å². The van der Waals surface area contributed by atoms with Crippen LogP contribution in [-0.2, 0) is 0 Å². The van der Waals surface area contributed by atoms with Crippen molar-refractivity contribution in [3.8, 4) is 23.0 Å². The maximum Gasteiger partial charge on any atom is 0.145 e. The molecule has 0 unspecified atom stereocenters. The first-order valence-corrected chi connectivity index (χ1v) is 14.8. The van der Waals surface area contributed by atoms with Crippen molar-refractivity contribution in [3.63, 3.8) is 0 Å². The highest BCUT2D eigenvalue weighted by molar-refractivity contribution is 7.99. The van der Waals surface area contributed by atoms with Gasteiger partial charge in [-0.05, 0) is 106 Å². The summed E-state index contributed by atoms with van der Waals surface area (Å²) in [6.07, 6.45) is 7.05. The molecule has 0 atom stereocenters. The molecule has 0 fully saturated rings. The number of rotatable bonds is 6. The van der Waals surface area contributed by atoms with Crippen LogP contribution >= 0.6 is 11.8 Å². The molecular formula is C38H36N2O2S. The molecule has 0 amide bonds. The van der Waals surface area contributed by atoms with E-state index in [-0.39, 0.29) is 0 Å². The van der Waals surface area contributed by atoms with E-state index < -0.39 is 0 Å². The Balaban J connectivity index is 0.000000148. The minimum atomic E-state index is 0.761. The summed E-state index contributed by atoms with van der Waals surface area (Å²) in [5.74, 6) is 3.37. The minimum absolute atomic E-state index is 0.761. The van der Waals surface area contributed by atoms with Crippen LogP contribution in [0.15, 0.2) is 156 Å². The van der Waals surface area contributed by atoms with Crippen LogP contribution in [0.4, 0.5) is 0 Å². The molecule has 43 heavy (non-hydrogen) atoms. The second kappa shape index (κ2) is 16.5. The molecule has 6 aromatic rings. The van der Waals surface area contributed by atoms with E-state index in [0.717, 1.165) is 23.0 Å². The molecule has 0 aliphatic carbocycles. The lowest BCUT2D eigenvalue weighted by Crippen LogP contribution is -1.84. The van der Waals surface area contributed by atoms with Gasteiger partial charge in [-0.25, -0.2) is 0 Å². The zero-order valence-electron chi connectivity index (χ0n) is 25.0. The molecule has 2 heterocycles. The molecular weight excluding hydrogens is 548 g/mol. The Morgan fingerprint density at radius 2 is 0.930 bits per heavy atom. The summed E-state index contributed by atoms with van der Waals surface area (Å²) >= 11 is 1.76. The Kier molecular flexibility index (Phi) is 12.0. The van der Waals surface area contributed by atoms with E-state index in [1.54, 1.807) is 24.2 Å². The predicted octanol–water partition coefficient (Wildman–Crippen LogP) is 10.8. The number of hydrogen-bond acceptors (Lipinski definition) is 5. The first-order chi connectivity index (χ1) is 20.9. The van der Waals surface area contributed by atoms with E-state index >= 15 is 0 Å². The van der Waals surface area contributed by atoms with Gasteiger partial charge in [0.2, 0.25) is 0 Å². The Morgan fingerprint density at radius 1 is 0.419 bits per heavy atom. The molecule has 6 rings (SSSR count). The van der Waals surface area contributed by atoms with Crippen LogP contribution in [0, 0.1) is 27.7 Å². The first kappa shape index (κ1) is 31.1. The molecule has 2 aromatic heterocycles. The number of ether oxygens (including phenoxy) is 2. The lowest BCUT2D eigenvalue weighted by molar-refractivity contribution is 0.480. The number of hydrogen-bond donors (Lipinski definition) is 0. The normalized spacial score (nSPS) is 9.95. The van der Waals surface area contributed by atoms with Gasteiger partial charge in [0.1, 0.15) is 23.0 Å². The van der Waals surface area contributed by atoms with Crippen LogP contribution < -0.4 is 9.47 Å². The van der Waals surface area contributed by atoms with E-state index in [1.165, 1.54) is 32.0 Å². The highest BCUT2D eigenvalue weighted by atomic mass is 32.2. The zero-order valence-corrected chi connectivity index (χ0v) is 25.8. The molecule has 0 N–H and O–H groups in total. The van der Waals surface area contributed by atoms with Crippen LogP contribution in [0.3, 0.4) is 0 Å². The lowest BCUT2D eigenvalue weighted by Gasteiger charge is -2.06. The third-order valence-electron chi connectivity index (χ3n) is 6.04. The van der Waals surface area contributed by atoms with Gasteiger partial charge in [-0.3, -0.25) is 9.97 Å².